The molecule has 76 valence electrons. The van der Waals surface area contributed by atoms with Gasteiger partial charge in [-0.1, -0.05) is 0 Å². The van der Waals surface area contributed by atoms with Crippen molar-refractivity contribution in [2.24, 2.45) is 0 Å². The van der Waals surface area contributed by atoms with Crippen molar-refractivity contribution in [3.8, 4) is 0 Å². The number of piperazine rings is 1. The standard InChI is InChI=1S/C9H18N2O2/c1-8(12)9(13)2-5-11-6-3-10-4-7-11/h9-10,13H,2-7H2,1H3. The third kappa shape index (κ3) is 3.85. The first-order valence-electron chi connectivity index (χ1n) is 4.82. The zero-order chi connectivity index (χ0) is 9.68. The highest BCUT2D eigenvalue weighted by Crippen LogP contribution is 1.98. The first kappa shape index (κ1) is 10.6. The lowest BCUT2D eigenvalue weighted by atomic mass is 10.2. The van der Waals surface area contributed by atoms with Crippen LogP contribution in [0.5, 0.6) is 0 Å². The number of nitrogens with one attached hydrogen (secondary N) is 1. The first-order valence-corrected chi connectivity index (χ1v) is 4.82. The number of aliphatic hydroxyl groups excluding tert-OH is 1. The van der Waals surface area contributed by atoms with Crippen LogP contribution in [-0.4, -0.2) is 54.6 Å². The van der Waals surface area contributed by atoms with Crippen molar-refractivity contribution in [2.45, 2.75) is 19.4 Å². The Hall–Kier alpha value is -0.450. The number of nitrogens with zero attached hydrogens (tertiary/aromatic N) is 1. The van der Waals surface area contributed by atoms with Gasteiger partial charge in [-0.2, -0.15) is 0 Å². The van der Waals surface area contributed by atoms with E-state index >= 15 is 0 Å². The molecule has 1 saturated heterocycles. The highest BCUT2D eigenvalue weighted by Gasteiger charge is 2.13. The Morgan fingerprint density at radius 1 is 1.54 bits per heavy atom. The van der Waals surface area contributed by atoms with Gasteiger partial charge < -0.3 is 15.3 Å². The Labute approximate surface area is 78.9 Å². The van der Waals surface area contributed by atoms with Crippen molar-refractivity contribution >= 4 is 5.78 Å². The van der Waals surface area contributed by atoms with Crippen molar-refractivity contribution < 1.29 is 9.90 Å². The molecule has 0 spiro atoms. The highest BCUT2D eigenvalue weighted by atomic mass is 16.3. The van der Waals surface area contributed by atoms with Gasteiger partial charge in [0.25, 0.3) is 0 Å². The summed E-state index contributed by atoms with van der Waals surface area (Å²) in [6.07, 6.45) is -0.204. The Morgan fingerprint density at radius 3 is 2.69 bits per heavy atom. The quantitative estimate of drug-likeness (QED) is 0.605. The van der Waals surface area contributed by atoms with Gasteiger partial charge in [-0.05, 0) is 13.3 Å². The molecule has 0 aromatic carbocycles. The van der Waals surface area contributed by atoms with E-state index in [1.54, 1.807) is 0 Å². The molecule has 0 radical (unpaired) electrons. The highest BCUT2D eigenvalue weighted by molar-refractivity contribution is 5.80. The molecule has 0 saturated carbocycles. The monoisotopic (exact) mass is 186 g/mol. The van der Waals surface area contributed by atoms with Gasteiger partial charge in [0, 0.05) is 32.7 Å². The van der Waals surface area contributed by atoms with Gasteiger partial charge in [-0.25, -0.2) is 0 Å². The number of hydrogen-bond acceptors (Lipinski definition) is 4. The van der Waals surface area contributed by atoms with Gasteiger partial charge in [0.05, 0.1) is 0 Å². The summed E-state index contributed by atoms with van der Waals surface area (Å²) >= 11 is 0. The molecular formula is C9H18N2O2. The maximum absolute atomic E-state index is 10.7. The summed E-state index contributed by atoms with van der Waals surface area (Å²) in [5, 5.41) is 12.5. The molecule has 1 unspecified atom stereocenters. The third-order valence-corrected chi connectivity index (χ3v) is 2.40. The third-order valence-electron chi connectivity index (χ3n) is 2.40. The summed E-state index contributed by atoms with van der Waals surface area (Å²) in [7, 11) is 0. The maximum Gasteiger partial charge on any atom is 0.158 e. The lowest BCUT2D eigenvalue weighted by Crippen LogP contribution is -2.44. The molecule has 1 fully saturated rings. The molecule has 0 aromatic heterocycles. The second-order valence-electron chi connectivity index (χ2n) is 3.51. The van der Waals surface area contributed by atoms with E-state index in [-0.39, 0.29) is 5.78 Å². The number of Topliss-reactive ketones (excluding diaryl/α,β-unsaturated/α-hetero) is 1. The predicted octanol–water partition coefficient (Wildman–Crippen LogP) is -0.768. The minimum atomic E-state index is -0.769. The van der Waals surface area contributed by atoms with Gasteiger partial charge in [-0.15, -0.1) is 0 Å². The fourth-order valence-electron chi connectivity index (χ4n) is 1.44. The van der Waals surface area contributed by atoms with E-state index in [1.165, 1.54) is 6.92 Å². The van der Waals surface area contributed by atoms with Crippen molar-refractivity contribution in [2.75, 3.05) is 32.7 Å². The average Bonchev–Trinajstić information content (AvgIpc) is 2.15. The van der Waals surface area contributed by atoms with Gasteiger partial charge in [0.1, 0.15) is 6.10 Å². The molecule has 1 rings (SSSR count). The number of ketones is 1. The Morgan fingerprint density at radius 2 is 2.15 bits per heavy atom. The molecule has 2 N–H and O–H groups in total. The van der Waals surface area contributed by atoms with Gasteiger partial charge >= 0.3 is 0 Å². The van der Waals surface area contributed by atoms with Gasteiger partial charge in [0.2, 0.25) is 0 Å². The van der Waals surface area contributed by atoms with Crippen molar-refractivity contribution in [1.82, 2.24) is 10.2 Å². The Kier molecular flexibility index (Phi) is 4.35. The predicted molar refractivity (Wildman–Crippen MR) is 50.6 cm³/mol. The summed E-state index contributed by atoms with van der Waals surface area (Å²) in [6, 6.07) is 0. The largest absolute Gasteiger partial charge is 0.385 e. The summed E-state index contributed by atoms with van der Waals surface area (Å²) < 4.78 is 0. The van der Waals surface area contributed by atoms with E-state index < -0.39 is 6.10 Å². The fourth-order valence-corrected chi connectivity index (χ4v) is 1.44. The number of carbonyl (C=O) groups is 1. The van der Waals surface area contributed by atoms with Crippen LogP contribution in [0.1, 0.15) is 13.3 Å². The zero-order valence-corrected chi connectivity index (χ0v) is 8.12. The summed E-state index contributed by atoms with van der Waals surface area (Å²) in [4.78, 5) is 13.0. The van der Waals surface area contributed by atoms with Crippen LogP contribution in [0.3, 0.4) is 0 Å². The van der Waals surface area contributed by atoms with Crippen LogP contribution >= 0.6 is 0 Å². The second kappa shape index (κ2) is 5.32. The second-order valence-corrected chi connectivity index (χ2v) is 3.51. The Bertz CT molecular complexity index is 167. The molecule has 0 amide bonds. The van der Waals surface area contributed by atoms with E-state index in [2.05, 4.69) is 10.2 Å². The lowest BCUT2D eigenvalue weighted by Gasteiger charge is -2.27. The van der Waals surface area contributed by atoms with E-state index in [0.29, 0.717) is 6.42 Å². The molecule has 1 heterocycles. The molecule has 1 aliphatic rings. The van der Waals surface area contributed by atoms with E-state index in [1.807, 2.05) is 0 Å². The fraction of sp³-hybridized carbons (Fsp3) is 0.889. The molecule has 1 atom stereocenters. The van der Waals surface area contributed by atoms with Crippen LogP contribution in [0.25, 0.3) is 0 Å². The summed E-state index contributed by atoms with van der Waals surface area (Å²) in [6.45, 7) is 6.31. The van der Waals surface area contributed by atoms with Crippen LogP contribution in [0.4, 0.5) is 0 Å². The molecule has 0 bridgehead atoms. The minimum Gasteiger partial charge on any atom is -0.385 e. The topological polar surface area (TPSA) is 52.6 Å². The molecule has 0 aromatic rings. The van der Waals surface area contributed by atoms with Crippen LogP contribution in [0.2, 0.25) is 0 Å². The van der Waals surface area contributed by atoms with Crippen LogP contribution < -0.4 is 5.32 Å². The first-order chi connectivity index (χ1) is 6.20. The molecular weight excluding hydrogens is 168 g/mol. The molecule has 1 aliphatic heterocycles. The number of carbonyl (C=O) groups excluding carboxylic acids is 1. The van der Waals surface area contributed by atoms with Crippen molar-refractivity contribution in [3.63, 3.8) is 0 Å². The van der Waals surface area contributed by atoms with Crippen molar-refractivity contribution in [1.29, 1.82) is 0 Å². The molecule has 4 heteroatoms. The minimum absolute atomic E-state index is 0.130. The average molecular weight is 186 g/mol. The van der Waals surface area contributed by atoms with E-state index in [0.717, 1.165) is 32.7 Å². The lowest BCUT2D eigenvalue weighted by molar-refractivity contribution is -0.125. The maximum atomic E-state index is 10.7. The summed E-state index contributed by atoms with van der Waals surface area (Å²) in [5.41, 5.74) is 0. The van der Waals surface area contributed by atoms with E-state index in [4.69, 9.17) is 0 Å². The molecule has 0 aliphatic carbocycles. The van der Waals surface area contributed by atoms with Crippen LogP contribution in [0.15, 0.2) is 0 Å². The summed E-state index contributed by atoms with van der Waals surface area (Å²) in [5.74, 6) is -0.130. The van der Waals surface area contributed by atoms with Crippen LogP contribution in [-0.2, 0) is 4.79 Å². The zero-order valence-electron chi connectivity index (χ0n) is 8.12. The number of aliphatic hydroxyl groups is 1. The van der Waals surface area contributed by atoms with Gasteiger partial charge in [-0.3, -0.25) is 4.79 Å². The number of hydrogen-bond donors (Lipinski definition) is 2. The van der Waals surface area contributed by atoms with Crippen LogP contribution in [0, 0.1) is 0 Å². The smallest absolute Gasteiger partial charge is 0.158 e. The van der Waals surface area contributed by atoms with Crippen molar-refractivity contribution in [3.05, 3.63) is 0 Å². The molecule has 4 nitrogen and oxygen atoms in total. The Balaban J connectivity index is 2.13. The normalized spacial score (nSPS) is 21.4. The SMILES string of the molecule is CC(=O)C(O)CCN1CCNCC1. The molecule has 13 heavy (non-hydrogen) atoms. The van der Waals surface area contributed by atoms with E-state index in [9.17, 15) is 9.90 Å². The van der Waals surface area contributed by atoms with Gasteiger partial charge in [0.15, 0.2) is 5.78 Å². The number of rotatable bonds is 4.